The van der Waals surface area contributed by atoms with Gasteiger partial charge in [-0.25, -0.2) is 9.98 Å². The van der Waals surface area contributed by atoms with Gasteiger partial charge >= 0.3 is 0 Å². The topological polar surface area (TPSA) is 82.8 Å². The number of thiazole rings is 1. The maximum atomic E-state index is 11.7. The van der Waals surface area contributed by atoms with Gasteiger partial charge in [0.1, 0.15) is 12.3 Å². The molecule has 7 nitrogen and oxygen atoms in total. The van der Waals surface area contributed by atoms with E-state index in [1.165, 1.54) is 9.78 Å². The normalized spacial score (nSPS) is 11.0. The Hall–Kier alpha value is -1.62. The predicted octanol–water partition coefficient (Wildman–Crippen LogP) is 2.07. The average Bonchev–Trinajstić information content (AvgIpc) is 3.23. The van der Waals surface area contributed by atoms with E-state index < -0.39 is 0 Å². The summed E-state index contributed by atoms with van der Waals surface area (Å²) >= 11 is 1.69. The van der Waals surface area contributed by atoms with Crippen LogP contribution in [0, 0.1) is 6.92 Å². The van der Waals surface area contributed by atoms with E-state index in [4.69, 9.17) is 4.42 Å². The van der Waals surface area contributed by atoms with Crippen LogP contribution in [0.3, 0.4) is 0 Å². The summed E-state index contributed by atoms with van der Waals surface area (Å²) in [6.07, 6.45) is 5.11. The minimum atomic E-state index is -0.0392. The van der Waals surface area contributed by atoms with Gasteiger partial charge in [0.05, 0.1) is 11.3 Å². The first kappa shape index (κ1) is 22.4. The Kier molecular flexibility index (Phi) is 10.3. The number of aliphatic imine (C=N–C) groups is 1. The average molecular weight is 491 g/mol. The van der Waals surface area contributed by atoms with Crippen LogP contribution in [0.2, 0.25) is 0 Å². The van der Waals surface area contributed by atoms with Crippen LogP contribution in [0.5, 0.6) is 0 Å². The second kappa shape index (κ2) is 11.9. The third-order valence-electron chi connectivity index (χ3n) is 3.42. The van der Waals surface area contributed by atoms with Crippen LogP contribution in [0.4, 0.5) is 0 Å². The van der Waals surface area contributed by atoms with E-state index >= 15 is 0 Å². The molecular weight excluding hydrogens is 465 g/mol. The standard InChI is InChI=1S/C17H25N5O2S.HI/c1-13-11-20-15(25-13)7-9-19-17(21-12-16(23)22(2)3)18-8-6-14-5-4-10-24-14;/h4-5,10-11H,6-9,12H2,1-3H3,(H2,18,19,21);1H. The molecule has 9 heteroatoms. The van der Waals surface area contributed by atoms with Crippen LogP contribution in [0.15, 0.2) is 34.0 Å². The summed E-state index contributed by atoms with van der Waals surface area (Å²) in [6, 6.07) is 3.81. The number of likely N-dealkylation sites (N-methyl/N-ethyl adjacent to an activating group) is 1. The third kappa shape index (κ3) is 8.17. The zero-order chi connectivity index (χ0) is 18.1. The van der Waals surface area contributed by atoms with E-state index in [-0.39, 0.29) is 36.4 Å². The van der Waals surface area contributed by atoms with E-state index in [0.717, 1.165) is 23.6 Å². The summed E-state index contributed by atoms with van der Waals surface area (Å²) in [5.74, 6) is 1.49. The summed E-state index contributed by atoms with van der Waals surface area (Å²) in [4.78, 5) is 23.2. The number of carbonyl (C=O) groups is 1. The maximum absolute atomic E-state index is 11.7. The van der Waals surface area contributed by atoms with Gasteiger partial charge in [0.25, 0.3) is 0 Å². The van der Waals surface area contributed by atoms with Crippen molar-refractivity contribution in [2.45, 2.75) is 19.8 Å². The first-order chi connectivity index (χ1) is 12.0. The van der Waals surface area contributed by atoms with E-state index in [1.54, 1.807) is 31.7 Å². The highest BCUT2D eigenvalue weighted by Gasteiger charge is 2.06. The van der Waals surface area contributed by atoms with Crippen molar-refractivity contribution in [3.63, 3.8) is 0 Å². The number of halogens is 1. The largest absolute Gasteiger partial charge is 0.469 e. The molecule has 0 saturated heterocycles. The summed E-state index contributed by atoms with van der Waals surface area (Å²) in [5.41, 5.74) is 0. The molecule has 2 N–H and O–H groups in total. The van der Waals surface area contributed by atoms with Gasteiger partial charge in [-0.05, 0) is 19.1 Å². The van der Waals surface area contributed by atoms with Crippen LogP contribution in [-0.4, -0.2) is 55.5 Å². The minimum Gasteiger partial charge on any atom is -0.469 e. The Morgan fingerprint density at radius 1 is 1.31 bits per heavy atom. The molecule has 0 spiro atoms. The van der Waals surface area contributed by atoms with Crippen molar-refractivity contribution in [2.75, 3.05) is 33.7 Å². The molecule has 0 fully saturated rings. The molecule has 0 unspecified atom stereocenters. The number of hydrogen-bond donors (Lipinski definition) is 2. The van der Waals surface area contributed by atoms with E-state index in [2.05, 4.69) is 20.6 Å². The number of nitrogens with zero attached hydrogens (tertiary/aromatic N) is 3. The number of hydrogen-bond acceptors (Lipinski definition) is 5. The maximum Gasteiger partial charge on any atom is 0.243 e. The van der Waals surface area contributed by atoms with Crippen LogP contribution >= 0.6 is 35.3 Å². The number of carbonyl (C=O) groups excluding carboxylic acids is 1. The van der Waals surface area contributed by atoms with Gasteiger partial charge in [-0.3, -0.25) is 4.79 Å². The third-order valence-corrected chi connectivity index (χ3v) is 4.39. The first-order valence-corrected chi connectivity index (χ1v) is 9.02. The number of aryl methyl sites for hydroxylation is 1. The lowest BCUT2D eigenvalue weighted by Crippen LogP contribution is -2.40. The number of guanidine groups is 1. The number of furan rings is 1. The lowest BCUT2D eigenvalue weighted by atomic mass is 10.3. The first-order valence-electron chi connectivity index (χ1n) is 8.20. The highest BCUT2D eigenvalue weighted by atomic mass is 127. The molecule has 0 aliphatic rings. The van der Waals surface area contributed by atoms with Gasteiger partial charge in [-0.2, -0.15) is 0 Å². The molecule has 0 aliphatic heterocycles. The van der Waals surface area contributed by atoms with Crippen molar-refractivity contribution < 1.29 is 9.21 Å². The lowest BCUT2D eigenvalue weighted by Gasteiger charge is -2.13. The molecule has 0 radical (unpaired) electrons. The van der Waals surface area contributed by atoms with E-state index in [9.17, 15) is 4.79 Å². The van der Waals surface area contributed by atoms with E-state index in [1.807, 2.05) is 25.3 Å². The molecule has 0 saturated carbocycles. The van der Waals surface area contributed by atoms with Gasteiger partial charge in [-0.15, -0.1) is 35.3 Å². The zero-order valence-electron chi connectivity index (χ0n) is 15.3. The summed E-state index contributed by atoms with van der Waals surface area (Å²) in [5, 5.41) is 7.58. The summed E-state index contributed by atoms with van der Waals surface area (Å²) < 4.78 is 5.32. The molecule has 0 aromatic carbocycles. The molecule has 1 amide bonds. The number of rotatable bonds is 8. The highest BCUT2D eigenvalue weighted by Crippen LogP contribution is 2.10. The summed E-state index contributed by atoms with van der Waals surface area (Å²) in [6.45, 7) is 3.53. The molecule has 144 valence electrons. The van der Waals surface area contributed by atoms with Crippen LogP contribution in [0.1, 0.15) is 15.6 Å². The van der Waals surface area contributed by atoms with E-state index in [0.29, 0.717) is 19.0 Å². The molecule has 2 rings (SSSR count). The molecule has 0 aliphatic carbocycles. The van der Waals surface area contributed by atoms with Crippen LogP contribution in [-0.2, 0) is 17.6 Å². The molecule has 26 heavy (non-hydrogen) atoms. The van der Waals surface area contributed by atoms with Gasteiger partial charge in [0, 0.05) is 51.1 Å². The van der Waals surface area contributed by atoms with Crippen molar-refractivity contribution in [2.24, 2.45) is 4.99 Å². The zero-order valence-corrected chi connectivity index (χ0v) is 18.5. The molecule has 2 heterocycles. The van der Waals surface area contributed by atoms with Gasteiger partial charge in [0.15, 0.2) is 5.96 Å². The van der Waals surface area contributed by atoms with Gasteiger partial charge in [-0.1, -0.05) is 0 Å². The Morgan fingerprint density at radius 3 is 2.62 bits per heavy atom. The van der Waals surface area contributed by atoms with Crippen molar-refractivity contribution in [3.05, 3.63) is 40.2 Å². The fourth-order valence-electron chi connectivity index (χ4n) is 2.03. The van der Waals surface area contributed by atoms with Crippen LogP contribution in [0.25, 0.3) is 0 Å². The Bertz CT molecular complexity index is 685. The Balaban J connectivity index is 0.00000338. The van der Waals surface area contributed by atoms with Crippen LogP contribution < -0.4 is 10.6 Å². The summed E-state index contributed by atoms with van der Waals surface area (Å²) in [7, 11) is 3.44. The lowest BCUT2D eigenvalue weighted by molar-refractivity contribution is -0.127. The van der Waals surface area contributed by atoms with Gasteiger partial charge in [0.2, 0.25) is 5.91 Å². The molecule has 0 bridgehead atoms. The second-order valence-corrected chi connectivity index (χ2v) is 7.07. The molecule has 2 aromatic rings. The van der Waals surface area contributed by atoms with Crippen molar-refractivity contribution >= 4 is 47.2 Å². The smallest absolute Gasteiger partial charge is 0.243 e. The fraction of sp³-hybridized carbons (Fsp3) is 0.471. The minimum absolute atomic E-state index is 0. The molecule has 0 atom stereocenters. The Labute approximate surface area is 175 Å². The van der Waals surface area contributed by atoms with Gasteiger partial charge < -0.3 is 20.0 Å². The second-order valence-electron chi connectivity index (χ2n) is 5.75. The number of amides is 1. The van der Waals surface area contributed by atoms with Crippen molar-refractivity contribution in [1.29, 1.82) is 0 Å². The Morgan fingerprint density at radius 2 is 2.04 bits per heavy atom. The predicted molar refractivity (Wildman–Crippen MR) is 115 cm³/mol. The molecular formula is C17H26IN5O2S. The SMILES string of the molecule is Cc1cnc(CCNC(=NCC(=O)N(C)C)NCCc2ccco2)s1.I. The number of nitrogens with one attached hydrogen (secondary N) is 2. The highest BCUT2D eigenvalue weighted by molar-refractivity contribution is 14.0. The fourth-order valence-corrected chi connectivity index (χ4v) is 2.81. The van der Waals surface area contributed by atoms with Crippen molar-refractivity contribution in [3.8, 4) is 0 Å². The van der Waals surface area contributed by atoms with Crippen molar-refractivity contribution in [1.82, 2.24) is 20.5 Å². The molecule has 2 aromatic heterocycles. The quantitative estimate of drug-likeness (QED) is 0.336. The monoisotopic (exact) mass is 491 g/mol. The number of aromatic nitrogens is 1.